The van der Waals surface area contributed by atoms with Crippen LogP contribution in [0, 0.1) is 5.41 Å². The second kappa shape index (κ2) is 11.2. The fraction of sp³-hybridized carbons (Fsp3) is 0.867. The van der Waals surface area contributed by atoms with E-state index in [9.17, 15) is 9.59 Å². The van der Waals surface area contributed by atoms with Crippen molar-refractivity contribution in [2.24, 2.45) is 5.41 Å². The Hall–Kier alpha value is -1.46. The summed E-state index contributed by atoms with van der Waals surface area (Å²) in [5.74, 6) is 0. The first kappa shape index (κ1) is 19.5. The van der Waals surface area contributed by atoms with E-state index in [1.54, 1.807) is 6.92 Å². The number of unbranched alkanes of at least 4 members (excludes halogenated alkanes) is 3. The first-order valence-corrected chi connectivity index (χ1v) is 7.66. The standard InChI is InChI=1S/C15H30N2O4/c1-5-20-13(18)16-10-8-6-7-9-11-17-14(19)21-12-15(2,3)4/h5-12H2,1-4H3,(H,16,18)(H,17,19). The van der Waals surface area contributed by atoms with E-state index in [0.717, 1.165) is 25.7 Å². The highest BCUT2D eigenvalue weighted by Gasteiger charge is 2.13. The molecule has 0 radical (unpaired) electrons. The van der Waals surface area contributed by atoms with Crippen molar-refractivity contribution in [1.29, 1.82) is 0 Å². The number of amides is 2. The molecule has 6 nitrogen and oxygen atoms in total. The molecule has 0 fully saturated rings. The van der Waals surface area contributed by atoms with E-state index in [2.05, 4.69) is 10.6 Å². The number of alkyl carbamates (subject to hydrolysis) is 2. The highest BCUT2D eigenvalue weighted by atomic mass is 16.6. The third kappa shape index (κ3) is 14.8. The number of nitrogens with one attached hydrogen (secondary N) is 2. The van der Waals surface area contributed by atoms with Crippen molar-refractivity contribution in [2.75, 3.05) is 26.3 Å². The van der Waals surface area contributed by atoms with Gasteiger partial charge < -0.3 is 20.1 Å². The largest absolute Gasteiger partial charge is 0.450 e. The molecule has 0 saturated heterocycles. The maximum atomic E-state index is 11.4. The predicted octanol–water partition coefficient (Wildman–Crippen LogP) is 3.07. The molecule has 0 saturated carbocycles. The summed E-state index contributed by atoms with van der Waals surface area (Å²) in [5.41, 5.74) is -0.0107. The highest BCUT2D eigenvalue weighted by molar-refractivity contribution is 5.67. The number of carbonyl (C=O) groups is 2. The summed E-state index contributed by atoms with van der Waals surface area (Å²) in [4.78, 5) is 22.4. The lowest BCUT2D eigenvalue weighted by molar-refractivity contribution is 0.106. The predicted molar refractivity (Wildman–Crippen MR) is 82.3 cm³/mol. The Labute approximate surface area is 127 Å². The molecule has 21 heavy (non-hydrogen) atoms. The van der Waals surface area contributed by atoms with Gasteiger partial charge in [0.1, 0.15) is 0 Å². The molecule has 0 rings (SSSR count). The lowest BCUT2D eigenvalue weighted by Crippen LogP contribution is -2.28. The quantitative estimate of drug-likeness (QED) is 0.642. The second-order valence-corrected chi connectivity index (χ2v) is 6.13. The molecule has 0 aliphatic carbocycles. The Balaban J connectivity index is 3.32. The minimum absolute atomic E-state index is 0.0107. The van der Waals surface area contributed by atoms with Gasteiger partial charge in [0.2, 0.25) is 0 Å². The van der Waals surface area contributed by atoms with Gasteiger partial charge in [-0.1, -0.05) is 33.6 Å². The Bertz CT molecular complexity index is 301. The maximum Gasteiger partial charge on any atom is 0.407 e. The number of carbonyl (C=O) groups excluding carboxylic acids is 2. The molecule has 0 bridgehead atoms. The molecule has 0 heterocycles. The average Bonchev–Trinajstić information content (AvgIpc) is 2.39. The number of ether oxygens (including phenoxy) is 2. The van der Waals surface area contributed by atoms with Crippen molar-refractivity contribution in [1.82, 2.24) is 10.6 Å². The molecule has 0 aromatic heterocycles. The van der Waals surface area contributed by atoms with Gasteiger partial charge in [0.25, 0.3) is 0 Å². The van der Waals surface area contributed by atoms with E-state index < -0.39 is 0 Å². The van der Waals surface area contributed by atoms with Gasteiger partial charge in [-0.2, -0.15) is 0 Å². The SMILES string of the molecule is CCOC(=O)NCCCCCCNC(=O)OCC(C)(C)C. The van der Waals surface area contributed by atoms with Crippen LogP contribution in [0.2, 0.25) is 0 Å². The topological polar surface area (TPSA) is 76.7 Å². The van der Waals surface area contributed by atoms with E-state index in [0.29, 0.717) is 26.3 Å². The molecule has 0 unspecified atom stereocenters. The van der Waals surface area contributed by atoms with Crippen LogP contribution in [0.25, 0.3) is 0 Å². The van der Waals surface area contributed by atoms with Crippen LogP contribution in [0.15, 0.2) is 0 Å². The summed E-state index contributed by atoms with van der Waals surface area (Å²) in [6.45, 7) is 9.88. The van der Waals surface area contributed by atoms with Gasteiger partial charge in [-0.3, -0.25) is 0 Å². The summed E-state index contributed by atoms with van der Waals surface area (Å²) >= 11 is 0. The molecule has 0 spiro atoms. The zero-order valence-electron chi connectivity index (χ0n) is 13.8. The summed E-state index contributed by atoms with van der Waals surface area (Å²) in [6.07, 6.45) is 3.11. The van der Waals surface area contributed by atoms with Crippen LogP contribution in [0.1, 0.15) is 53.4 Å². The van der Waals surface area contributed by atoms with Crippen LogP contribution in [0.4, 0.5) is 9.59 Å². The van der Waals surface area contributed by atoms with Crippen molar-refractivity contribution in [3.05, 3.63) is 0 Å². The van der Waals surface area contributed by atoms with Gasteiger partial charge >= 0.3 is 12.2 Å². The van der Waals surface area contributed by atoms with Gasteiger partial charge in [0.15, 0.2) is 0 Å². The Morgan fingerprint density at radius 2 is 1.33 bits per heavy atom. The van der Waals surface area contributed by atoms with Crippen molar-refractivity contribution < 1.29 is 19.1 Å². The highest BCUT2D eigenvalue weighted by Crippen LogP contribution is 2.12. The van der Waals surface area contributed by atoms with Crippen LogP contribution in [0.5, 0.6) is 0 Å². The fourth-order valence-corrected chi connectivity index (χ4v) is 1.50. The summed E-state index contributed by atoms with van der Waals surface area (Å²) in [6, 6.07) is 0. The van der Waals surface area contributed by atoms with Gasteiger partial charge in [0, 0.05) is 13.1 Å². The first-order valence-electron chi connectivity index (χ1n) is 7.66. The van der Waals surface area contributed by atoms with Crippen molar-refractivity contribution in [3.63, 3.8) is 0 Å². The van der Waals surface area contributed by atoms with Crippen molar-refractivity contribution in [3.8, 4) is 0 Å². The Morgan fingerprint density at radius 3 is 1.76 bits per heavy atom. The van der Waals surface area contributed by atoms with Gasteiger partial charge in [-0.05, 0) is 25.2 Å². The fourth-order valence-electron chi connectivity index (χ4n) is 1.50. The minimum Gasteiger partial charge on any atom is -0.450 e. The van der Waals surface area contributed by atoms with E-state index in [1.807, 2.05) is 20.8 Å². The third-order valence-corrected chi connectivity index (χ3v) is 2.55. The zero-order valence-corrected chi connectivity index (χ0v) is 13.8. The van der Waals surface area contributed by atoms with Crippen LogP contribution >= 0.6 is 0 Å². The minimum atomic E-state index is -0.360. The molecular weight excluding hydrogens is 272 g/mol. The molecule has 0 aliphatic heterocycles. The summed E-state index contributed by atoms with van der Waals surface area (Å²) in [5, 5.41) is 5.40. The monoisotopic (exact) mass is 302 g/mol. The van der Waals surface area contributed by atoms with E-state index in [1.165, 1.54) is 0 Å². The van der Waals surface area contributed by atoms with Crippen LogP contribution < -0.4 is 10.6 Å². The smallest absolute Gasteiger partial charge is 0.407 e. The molecule has 2 N–H and O–H groups in total. The lowest BCUT2D eigenvalue weighted by atomic mass is 9.99. The zero-order chi connectivity index (χ0) is 16.1. The van der Waals surface area contributed by atoms with E-state index in [4.69, 9.17) is 9.47 Å². The average molecular weight is 302 g/mol. The first-order chi connectivity index (χ1) is 9.85. The maximum absolute atomic E-state index is 11.4. The van der Waals surface area contributed by atoms with Crippen LogP contribution in [0.3, 0.4) is 0 Å². The molecule has 0 aromatic carbocycles. The Kier molecular flexibility index (Phi) is 10.4. The summed E-state index contributed by atoms with van der Waals surface area (Å²) < 4.78 is 9.84. The van der Waals surface area contributed by atoms with E-state index in [-0.39, 0.29) is 17.6 Å². The molecule has 0 atom stereocenters. The Morgan fingerprint density at radius 1 is 0.857 bits per heavy atom. The number of rotatable bonds is 9. The van der Waals surface area contributed by atoms with Crippen LogP contribution in [-0.2, 0) is 9.47 Å². The van der Waals surface area contributed by atoms with Crippen molar-refractivity contribution in [2.45, 2.75) is 53.4 Å². The van der Waals surface area contributed by atoms with Crippen molar-refractivity contribution >= 4 is 12.2 Å². The third-order valence-electron chi connectivity index (χ3n) is 2.55. The molecule has 6 heteroatoms. The second-order valence-electron chi connectivity index (χ2n) is 6.13. The van der Waals surface area contributed by atoms with E-state index >= 15 is 0 Å². The summed E-state index contributed by atoms with van der Waals surface area (Å²) in [7, 11) is 0. The molecule has 0 aliphatic rings. The number of hydrogen-bond donors (Lipinski definition) is 2. The number of hydrogen-bond acceptors (Lipinski definition) is 4. The van der Waals surface area contributed by atoms with Crippen LogP contribution in [-0.4, -0.2) is 38.5 Å². The molecular formula is C15H30N2O4. The normalized spacial score (nSPS) is 10.9. The van der Waals surface area contributed by atoms with Gasteiger partial charge in [0.05, 0.1) is 13.2 Å². The van der Waals surface area contributed by atoms with Gasteiger partial charge in [-0.15, -0.1) is 0 Å². The molecule has 124 valence electrons. The lowest BCUT2D eigenvalue weighted by Gasteiger charge is -2.17. The molecule has 2 amide bonds. The van der Waals surface area contributed by atoms with Gasteiger partial charge in [-0.25, -0.2) is 9.59 Å². The molecule has 0 aromatic rings.